The third kappa shape index (κ3) is 3.52. The summed E-state index contributed by atoms with van der Waals surface area (Å²) in [4.78, 5) is 0. The third-order valence-corrected chi connectivity index (χ3v) is 4.58. The van der Waals surface area contributed by atoms with Gasteiger partial charge < -0.3 is 14.2 Å². The zero-order valence-electron chi connectivity index (χ0n) is 14.5. The van der Waals surface area contributed by atoms with Crippen LogP contribution >= 0.6 is 0 Å². The van der Waals surface area contributed by atoms with Crippen molar-refractivity contribution in [2.75, 3.05) is 19.6 Å². The maximum atomic E-state index is 2.68. The van der Waals surface area contributed by atoms with Crippen molar-refractivity contribution in [2.24, 2.45) is 0 Å². The Kier molecular flexibility index (Phi) is 8.00. The summed E-state index contributed by atoms with van der Waals surface area (Å²) in [6.07, 6.45) is 5.85. The predicted molar refractivity (Wildman–Crippen MR) is 94.8 cm³/mol. The molecule has 0 radical (unpaired) electrons. The van der Waals surface area contributed by atoms with Gasteiger partial charge in [0.1, 0.15) is 0 Å². The summed E-state index contributed by atoms with van der Waals surface area (Å²) < 4.78 is 8.00. The molecule has 1 aliphatic heterocycles. The van der Waals surface area contributed by atoms with Gasteiger partial charge in [-0.3, -0.25) is 0 Å². The van der Waals surface area contributed by atoms with Gasteiger partial charge in [-0.15, -0.1) is 0 Å². The van der Waals surface area contributed by atoms with Crippen LogP contribution in [0.3, 0.4) is 0 Å². The molecule has 0 unspecified atom stereocenters. The highest BCUT2D eigenvalue weighted by molar-refractivity contribution is 6.87. The Balaban J connectivity index is 3.14. The Hall–Kier alpha value is -0.185. The first-order valence-electron chi connectivity index (χ1n) is 8.63. The molecule has 0 aromatic carbocycles. The van der Waals surface area contributed by atoms with Crippen LogP contribution in [0.1, 0.15) is 48.0 Å². The Morgan fingerprint density at radius 1 is 0.700 bits per heavy atom. The number of allylic oxidation sites excluding steroid dienone is 1. The normalized spacial score (nSPS) is 19.6. The molecule has 0 aromatic rings. The Labute approximate surface area is 128 Å². The Morgan fingerprint density at radius 2 is 1.15 bits per heavy atom. The smallest absolute Gasteiger partial charge is 0.317 e. The van der Waals surface area contributed by atoms with Gasteiger partial charge in [-0.1, -0.05) is 53.6 Å². The second kappa shape index (κ2) is 8.96. The second-order valence-corrected chi connectivity index (χ2v) is 5.52. The average Bonchev–Trinajstić information content (AvgIpc) is 2.49. The van der Waals surface area contributed by atoms with Gasteiger partial charge in [-0.2, -0.15) is 0 Å². The van der Waals surface area contributed by atoms with Crippen LogP contribution in [0.4, 0.5) is 0 Å². The highest BCUT2D eigenvalue weighted by atomic mass is 15.3. The minimum absolute atomic E-state index is 0.461. The van der Waals surface area contributed by atoms with Crippen LogP contribution in [0, 0.1) is 0 Å². The van der Waals surface area contributed by atoms with Gasteiger partial charge in [0.15, 0.2) is 0 Å². The molecule has 1 heterocycles. The molecule has 0 aromatic heterocycles. The zero-order valence-corrected chi connectivity index (χ0v) is 14.5. The van der Waals surface area contributed by atoms with E-state index < -0.39 is 0 Å². The molecule has 3 nitrogen and oxygen atoms in total. The van der Waals surface area contributed by atoms with Crippen molar-refractivity contribution in [3.05, 3.63) is 12.1 Å². The van der Waals surface area contributed by atoms with E-state index in [4.69, 9.17) is 0 Å². The van der Waals surface area contributed by atoms with Gasteiger partial charge in [0.2, 0.25) is 0 Å². The lowest BCUT2D eigenvalue weighted by atomic mass is 9.41. The van der Waals surface area contributed by atoms with Crippen LogP contribution in [0.15, 0.2) is 12.1 Å². The van der Waals surface area contributed by atoms with E-state index in [1.165, 1.54) is 12.6 Å². The molecule has 0 N–H and O–H groups in total. The van der Waals surface area contributed by atoms with Gasteiger partial charge in [0.05, 0.1) is 0 Å². The van der Waals surface area contributed by atoms with Crippen molar-refractivity contribution in [3.63, 3.8) is 0 Å². The topological polar surface area (TPSA) is 9.72 Å². The molecule has 0 bridgehead atoms. The van der Waals surface area contributed by atoms with Crippen LogP contribution in [0.2, 0.25) is 12.6 Å². The first kappa shape index (κ1) is 17.9. The van der Waals surface area contributed by atoms with Crippen LogP contribution in [0.25, 0.3) is 0 Å². The molecule has 0 spiro atoms. The van der Waals surface area contributed by atoms with Crippen LogP contribution in [0.5, 0.6) is 0 Å². The zero-order chi connectivity index (χ0) is 15.1. The van der Waals surface area contributed by atoms with Gasteiger partial charge in [-0.05, 0) is 38.7 Å². The van der Waals surface area contributed by atoms with Gasteiger partial charge in [0.25, 0.3) is 14.0 Å². The van der Waals surface area contributed by atoms with Crippen molar-refractivity contribution < 1.29 is 0 Å². The molecule has 1 aliphatic rings. The maximum absolute atomic E-state index is 2.68. The second-order valence-electron chi connectivity index (χ2n) is 5.52. The molecule has 112 valence electrons. The number of rotatable bonds is 7. The lowest BCUT2D eigenvalue weighted by Crippen LogP contribution is -2.76. The molecule has 0 saturated carbocycles. The first-order chi connectivity index (χ1) is 9.69. The highest BCUT2D eigenvalue weighted by Gasteiger charge is 2.48. The fourth-order valence-corrected chi connectivity index (χ4v) is 3.76. The van der Waals surface area contributed by atoms with Crippen molar-refractivity contribution in [2.45, 2.75) is 60.6 Å². The monoisotopic (exact) mass is 275 g/mol. The first-order valence-corrected chi connectivity index (χ1v) is 8.63. The maximum Gasteiger partial charge on any atom is 0.317 e. The van der Waals surface area contributed by atoms with Gasteiger partial charge >= 0.3 is 6.98 Å². The highest BCUT2D eigenvalue weighted by Crippen LogP contribution is 2.23. The molecule has 0 amide bonds. The van der Waals surface area contributed by atoms with Crippen molar-refractivity contribution in [3.8, 4) is 0 Å². The number of nitrogens with zero attached hydrogens (tertiary/aromatic N) is 3. The fraction of sp³-hybridized carbons (Fsp3) is 0.857. The SMILES string of the molecule is CCC=CB1N(CC)B(CC)N(CC)B(CC)N1CC. The summed E-state index contributed by atoms with van der Waals surface area (Å²) in [5.41, 5.74) is 0. The van der Waals surface area contributed by atoms with E-state index >= 15 is 0 Å². The summed E-state index contributed by atoms with van der Waals surface area (Å²) >= 11 is 0. The van der Waals surface area contributed by atoms with Gasteiger partial charge in [0, 0.05) is 0 Å². The lowest BCUT2D eigenvalue weighted by Gasteiger charge is -2.53. The predicted octanol–water partition coefficient (Wildman–Crippen LogP) is 2.98. The van der Waals surface area contributed by atoms with Crippen molar-refractivity contribution in [1.29, 1.82) is 0 Å². The van der Waals surface area contributed by atoms with Gasteiger partial charge in [-0.25, -0.2) is 0 Å². The summed E-state index contributed by atoms with van der Waals surface area (Å²) in [6.45, 7) is 18.7. The van der Waals surface area contributed by atoms with Crippen LogP contribution in [-0.4, -0.2) is 54.7 Å². The quantitative estimate of drug-likeness (QED) is 0.661. The summed E-state index contributed by atoms with van der Waals surface area (Å²) in [6, 6.07) is 0. The average molecular weight is 275 g/mol. The minimum Gasteiger partial charge on any atom is -0.357 e. The minimum atomic E-state index is 0.461. The lowest BCUT2D eigenvalue weighted by molar-refractivity contribution is 0.455. The van der Waals surface area contributed by atoms with E-state index in [9.17, 15) is 0 Å². The molecule has 1 fully saturated rings. The fourth-order valence-electron chi connectivity index (χ4n) is 3.76. The molecular weight excluding hydrogens is 243 g/mol. The molecular formula is C14H32B3N3. The largest absolute Gasteiger partial charge is 0.357 e. The molecule has 6 heteroatoms. The number of hydrogen-bond acceptors (Lipinski definition) is 3. The Bertz CT molecular complexity index is 281. The van der Waals surface area contributed by atoms with E-state index in [0.717, 1.165) is 26.1 Å². The molecule has 0 atom stereocenters. The van der Waals surface area contributed by atoms with E-state index in [1.54, 1.807) is 0 Å². The summed E-state index contributed by atoms with van der Waals surface area (Å²) in [5.74, 6) is 2.42. The van der Waals surface area contributed by atoms with E-state index in [1.807, 2.05) is 0 Å². The Morgan fingerprint density at radius 3 is 1.45 bits per heavy atom. The third-order valence-electron chi connectivity index (χ3n) is 4.58. The van der Waals surface area contributed by atoms with Crippen LogP contribution in [-0.2, 0) is 0 Å². The van der Waals surface area contributed by atoms with E-state index in [-0.39, 0.29) is 0 Å². The molecule has 1 rings (SSSR count). The summed E-state index contributed by atoms with van der Waals surface area (Å²) in [7, 11) is 0. The molecule has 0 aliphatic carbocycles. The summed E-state index contributed by atoms with van der Waals surface area (Å²) in [5, 5.41) is 0. The number of hydrogen-bond donors (Lipinski definition) is 0. The van der Waals surface area contributed by atoms with E-state index in [0.29, 0.717) is 20.9 Å². The van der Waals surface area contributed by atoms with E-state index in [2.05, 4.69) is 67.8 Å². The molecule has 1 saturated heterocycles. The van der Waals surface area contributed by atoms with Crippen LogP contribution < -0.4 is 0 Å². The van der Waals surface area contributed by atoms with Crippen molar-refractivity contribution in [1.82, 2.24) is 14.2 Å². The van der Waals surface area contributed by atoms with Crippen molar-refractivity contribution >= 4 is 20.9 Å². The molecule has 20 heavy (non-hydrogen) atoms. The standard InChI is InChI=1S/C14H32B3N3/c1-7-13-14-17-19(11-5)15(8-2)18(10-4)16(9-3)20(17)12-6/h13-14H,7-12H2,1-6H3.